The number of benzene rings is 2. The molecule has 4 aromatic rings. The molecule has 42 heavy (non-hydrogen) atoms. The van der Waals surface area contributed by atoms with Crippen LogP contribution in [0, 0.1) is 5.82 Å². The molecule has 1 unspecified atom stereocenters. The normalized spacial score (nSPS) is 17.1. The van der Waals surface area contributed by atoms with Gasteiger partial charge in [0.1, 0.15) is 5.82 Å². The number of nitrogens with zero attached hydrogens (tertiary/aromatic N) is 5. The molecule has 3 aliphatic rings. The molecule has 0 saturated carbocycles. The van der Waals surface area contributed by atoms with E-state index in [1.807, 2.05) is 16.7 Å². The number of amides is 2. The van der Waals surface area contributed by atoms with Crippen LogP contribution in [0.3, 0.4) is 0 Å². The second-order valence-electron chi connectivity index (χ2n) is 10.7. The van der Waals surface area contributed by atoms with Crippen LogP contribution in [0.2, 0.25) is 0 Å². The fourth-order valence-electron chi connectivity index (χ4n) is 6.10. The number of piperazine rings is 1. The number of nitrogens with one attached hydrogen (secondary N) is 2. The van der Waals surface area contributed by atoms with Crippen LogP contribution in [-0.4, -0.2) is 62.3 Å². The molecule has 9 nitrogen and oxygen atoms in total. The van der Waals surface area contributed by atoms with Gasteiger partial charge in [-0.3, -0.25) is 19.8 Å². The van der Waals surface area contributed by atoms with Gasteiger partial charge in [-0.1, -0.05) is 24.3 Å². The number of fused-ring (bicyclic) bond motifs is 2. The molecular weight excluding hydrogens is 577 g/mol. The quantitative estimate of drug-likeness (QED) is 0.326. The van der Waals surface area contributed by atoms with Gasteiger partial charge in [-0.25, -0.2) is 14.4 Å². The number of rotatable bonds is 7. The summed E-state index contributed by atoms with van der Waals surface area (Å²) in [6.45, 7) is 5.70. The van der Waals surface area contributed by atoms with E-state index in [1.54, 1.807) is 24.0 Å². The number of carbonyl (C=O) groups is 2. The number of aryl methyl sites for hydroxylation is 1. The standard InChI is InChI=1S/C30H30FN7O2S.ClH/c31-24-15-21(20-5-3-19(4-6-20)16-36-11-7-32-8-12-36)14-22-23(24)17-38(29(22)40)27(28(39)35-30-33-9-13-41-30)26-25-2-1-10-37(25)18-34-26;/h3-6,9,13-15,18,27,32H,1-2,7-8,10-12,16-17H2,(H,33,35,39);1H. The van der Waals surface area contributed by atoms with Gasteiger partial charge in [-0.05, 0) is 41.7 Å². The molecule has 1 fully saturated rings. The lowest BCUT2D eigenvalue weighted by molar-refractivity contribution is -0.121. The SMILES string of the molecule is Cl.O=C(Nc1nccs1)C(c1ncn2c1CCC2)N1Cc2c(F)cc(-c3ccc(CN4CCNCC4)cc3)cc2C1=O. The lowest BCUT2D eigenvalue weighted by Crippen LogP contribution is -2.42. The van der Waals surface area contributed by atoms with E-state index in [-0.39, 0.29) is 30.4 Å². The van der Waals surface area contributed by atoms with Crippen LogP contribution in [0.4, 0.5) is 9.52 Å². The Morgan fingerprint density at radius 1 is 1.10 bits per heavy atom. The highest BCUT2D eigenvalue weighted by atomic mass is 35.5. The van der Waals surface area contributed by atoms with E-state index >= 15 is 4.39 Å². The second kappa shape index (κ2) is 11.9. The van der Waals surface area contributed by atoms with E-state index < -0.39 is 17.8 Å². The Bertz CT molecular complexity index is 1600. The van der Waals surface area contributed by atoms with Gasteiger partial charge in [0.2, 0.25) is 0 Å². The summed E-state index contributed by atoms with van der Waals surface area (Å²) in [5.41, 5.74) is 4.74. The Balaban J connectivity index is 0.00000316. The van der Waals surface area contributed by atoms with Crippen molar-refractivity contribution in [3.05, 3.63) is 88.2 Å². The van der Waals surface area contributed by atoms with Crippen molar-refractivity contribution in [1.29, 1.82) is 0 Å². The number of carbonyl (C=O) groups excluding carboxylic acids is 2. The Kier molecular flexibility index (Phi) is 8.09. The number of imidazole rings is 1. The lowest BCUT2D eigenvalue weighted by atomic mass is 9.99. The summed E-state index contributed by atoms with van der Waals surface area (Å²) >= 11 is 1.30. The van der Waals surface area contributed by atoms with Gasteiger partial charge in [0, 0.05) is 67.7 Å². The zero-order valence-electron chi connectivity index (χ0n) is 22.9. The maximum Gasteiger partial charge on any atom is 0.255 e. The number of anilines is 1. The van der Waals surface area contributed by atoms with Crippen LogP contribution < -0.4 is 10.6 Å². The van der Waals surface area contributed by atoms with Gasteiger partial charge in [0.25, 0.3) is 11.8 Å². The Morgan fingerprint density at radius 2 is 1.90 bits per heavy atom. The predicted octanol–water partition coefficient (Wildman–Crippen LogP) is 4.25. The molecule has 2 N–H and O–H groups in total. The van der Waals surface area contributed by atoms with Crippen molar-refractivity contribution in [2.45, 2.75) is 38.5 Å². The van der Waals surface area contributed by atoms with Crippen LogP contribution in [-0.2, 0) is 30.8 Å². The van der Waals surface area contributed by atoms with E-state index in [1.165, 1.54) is 27.9 Å². The van der Waals surface area contributed by atoms with Gasteiger partial charge in [0.15, 0.2) is 11.2 Å². The van der Waals surface area contributed by atoms with Crippen LogP contribution in [0.1, 0.15) is 45.3 Å². The summed E-state index contributed by atoms with van der Waals surface area (Å²) in [6.07, 6.45) is 5.05. The lowest BCUT2D eigenvalue weighted by Gasteiger charge is -2.27. The molecule has 0 spiro atoms. The van der Waals surface area contributed by atoms with E-state index in [0.717, 1.165) is 63.4 Å². The number of thiazole rings is 1. The van der Waals surface area contributed by atoms with E-state index in [4.69, 9.17) is 0 Å². The third-order valence-corrected chi connectivity index (χ3v) is 8.88. The highest BCUT2D eigenvalue weighted by Crippen LogP contribution is 2.38. The Hall–Kier alpha value is -3.64. The number of halogens is 2. The summed E-state index contributed by atoms with van der Waals surface area (Å²) in [5.74, 6) is -1.24. The van der Waals surface area contributed by atoms with Crippen molar-refractivity contribution in [1.82, 2.24) is 29.7 Å². The molecule has 5 heterocycles. The maximum atomic E-state index is 15.6. The Morgan fingerprint density at radius 3 is 2.67 bits per heavy atom. The molecule has 0 bridgehead atoms. The fourth-order valence-corrected chi connectivity index (χ4v) is 6.63. The zero-order valence-corrected chi connectivity index (χ0v) is 24.5. The van der Waals surface area contributed by atoms with Crippen LogP contribution >= 0.6 is 23.7 Å². The fraction of sp³-hybridized carbons (Fsp3) is 0.333. The summed E-state index contributed by atoms with van der Waals surface area (Å²) < 4.78 is 17.6. The van der Waals surface area contributed by atoms with Crippen molar-refractivity contribution in [3.63, 3.8) is 0 Å². The molecule has 1 atom stereocenters. The minimum Gasteiger partial charge on any atom is -0.334 e. The number of aromatic nitrogens is 3. The first kappa shape index (κ1) is 28.5. The smallest absolute Gasteiger partial charge is 0.255 e. The first-order valence-corrected chi connectivity index (χ1v) is 14.8. The molecule has 1 saturated heterocycles. The molecule has 0 radical (unpaired) electrons. The summed E-state index contributed by atoms with van der Waals surface area (Å²) in [4.78, 5) is 40.1. The third kappa shape index (κ3) is 5.33. The average molecular weight is 608 g/mol. The molecule has 2 amide bonds. The molecule has 12 heteroatoms. The predicted molar refractivity (Wildman–Crippen MR) is 161 cm³/mol. The van der Waals surface area contributed by atoms with Gasteiger partial charge >= 0.3 is 0 Å². The number of hydrogen-bond donors (Lipinski definition) is 2. The minimum absolute atomic E-state index is 0. The van der Waals surface area contributed by atoms with Crippen molar-refractivity contribution in [2.24, 2.45) is 0 Å². The average Bonchev–Trinajstić information content (AvgIpc) is 3.78. The van der Waals surface area contributed by atoms with E-state index in [9.17, 15) is 9.59 Å². The number of hydrogen-bond acceptors (Lipinski definition) is 7. The van der Waals surface area contributed by atoms with Gasteiger partial charge in [0.05, 0.1) is 18.6 Å². The second-order valence-corrected chi connectivity index (χ2v) is 11.6. The molecule has 3 aliphatic heterocycles. The van der Waals surface area contributed by atoms with Gasteiger partial charge in [-0.2, -0.15) is 0 Å². The third-order valence-electron chi connectivity index (χ3n) is 8.19. The van der Waals surface area contributed by atoms with E-state index in [0.29, 0.717) is 22.0 Å². The van der Waals surface area contributed by atoms with Crippen molar-refractivity contribution in [2.75, 3.05) is 31.5 Å². The van der Waals surface area contributed by atoms with Crippen molar-refractivity contribution >= 4 is 40.7 Å². The first-order chi connectivity index (χ1) is 20.0. The first-order valence-electron chi connectivity index (χ1n) is 13.9. The molecular formula is C30H31ClFN7O2S. The van der Waals surface area contributed by atoms with Gasteiger partial charge < -0.3 is 14.8 Å². The topological polar surface area (TPSA) is 95.4 Å². The largest absolute Gasteiger partial charge is 0.334 e. The molecule has 0 aliphatic carbocycles. The van der Waals surface area contributed by atoms with Crippen LogP contribution in [0.15, 0.2) is 54.3 Å². The summed E-state index contributed by atoms with van der Waals surface area (Å²) in [5, 5.41) is 8.41. The summed E-state index contributed by atoms with van der Waals surface area (Å²) in [7, 11) is 0. The van der Waals surface area contributed by atoms with Gasteiger partial charge in [-0.15, -0.1) is 23.7 Å². The molecule has 2 aromatic heterocycles. The van der Waals surface area contributed by atoms with Crippen LogP contribution in [0.5, 0.6) is 0 Å². The minimum atomic E-state index is -1.000. The molecule has 2 aromatic carbocycles. The molecule has 218 valence electrons. The maximum absolute atomic E-state index is 15.6. The molecule has 7 rings (SSSR count). The summed E-state index contributed by atoms with van der Waals surface area (Å²) in [6, 6.07) is 10.3. The van der Waals surface area contributed by atoms with Crippen molar-refractivity contribution < 1.29 is 14.0 Å². The Labute approximate surface area is 253 Å². The monoisotopic (exact) mass is 607 g/mol. The highest BCUT2D eigenvalue weighted by molar-refractivity contribution is 7.13. The van der Waals surface area contributed by atoms with Crippen molar-refractivity contribution in [3.8, 4) is 11.1 Å². The van der Waals surface area contributed by atoms with E-state index in [2.05, 4.69) is 37.6 Å². The highest BCUT2D eigenvalue weighted by Gasteiger charge is 2.42. The zero-order chi connectivity index (χ0) is 27.9. The van der Waals surface area contributed by atoms with Crippen LogP contribution in [0.25, 0.3) is 11.1 Å².